The van der Waals surface area contributed by atoms with Gasteiger partial charge in [0.2, 0.25) is 10.0 Å². The highest BCUT2D eigenvalue weighted by atomic mass is 32.2. The third-order valence-electron chi connectivity index (χ3n) is 6.46. The van der Waals surface area contributed by atoms with Gasteiger partial charge in [0.05, 0.1) is 23.5 Å². The van der Waals surface area contributed by atoms with Crippen LogP contribution in [0.25, 0.3) is 11.4 Å². The first-order valence-corrected chi connectivity index (χ1v) is 14.1. The molecule has 0 saturated carbocycles. The summed E-state index contributed by atoms with van der Waals surface area (Å²) in [5, 5.41) is 10.1. The van der Waals surface area contributed by atoms with Crippen molar-refractivity contribution in [1.82, 2.24) is 20.5 Å². The Morgan fingerprint density at radius 3 is 2.44 bits per heavy atom. The zero-order chi connectivity index (χ0) is 28.4. The van der Waals surface area contributed by atoms with Gasteiger partial charge in [-0.05, 0) is 61.7 Å². The van der Waals surface area contributed by atoms with E-state index in [4.69, 9.17) is 5.73 Å². The van der Waals surface area contributed by atoms with E-state index in [0.29, 0.717) is 23.4 Å². The summed E-state index contributed by atoms with van der Waals surface area (Å²) in [6.07, 6.45) is 1.58. The Balaban J connectivity index is 1.67. The number of aromatic nitrogens is 3. The molecule has 0 saturated heterocycles. The number of aromatic amines is 1. The molecule has 4 N–H and O–H groups in total. The number of amides is 1. The Hall–Kier alpha value is -4.09. The van der Waals surface area contributed by atoms with E-state index >= 15 is 0 Å². The molecule has 9 nitrogen and oxygen atoms in total. The molecule has 1 amide bonds. The molecule has 0 bridgehead atoms. The third kappa shape index (κ3) is 6.68. The molecule has 4 rings (SSSR count). The van der Waals surface area contributed by atoms with Crippen molar-refractivity contribution in [3.8, 4) is 11.4 Å². The Morgan fingerprint density at radius 1 is 1.13 bits per heavy atom. The van der Waals surface area contributed by atoms with Gasteiger partial charge in [-0.1, -0.05) is 42.5 Å². The monoisotopic (exact) mass is 550 g/mol. The van der Waals surface area contributed by atoms with Crippen molar-refractivity contribution in [2.24, 2.45) is 5.73 Å². The number of halogens is 1. The Kier molecular flexibility index (Phi) is 7.84. The summed E-state index contributed by atoms with van der Waals surface area (Å²) in [6, 6.07) is 19.8. The number of H-pyrrole nitrogens is 1. The maximum absolute atomic E-state index is 13.3. The lowest BCUT2D eigenvalue weighted by atomic mass is 9.93. The van der Waals surface area contributed by atoms with Crippen LogP contribution in [0.2, 0.25) is 0 Å². The minimum atomic E-state index is -3.62. The van der Waals surface area contributed by atoms with Gasteiger partial charge in [0.1, 0.15) is 11.6 Å². The molecule has 0 spiro atoms. The molecule has 204 valence electrons. The number of benzene rings is 3. The van der Waals surface area contributed by atoms with Crippen molar-refractivity contribution in [3.63, 3.8) is 0 Å². The number of nitrogens with two attached hydrogens (primary N) is 1. The number of rotatable bonds is 9. The smallest absolute Gasteiger partial charge is 0.251 e. The Morgan fingerprint density at radius 2 is 1.79 bits per heavy atom. The summed E-state index contributed by atoms with van der Waals surface area (Å²) >= 11 is 0. The van der Waals surface area contributed by atoms with Gasteiger partial charge in [-0.3, -0.25) is 14.2 Å². The van der Waals surface area contributed by atoms with E-state index in [1.165, 1.54) is 25.2 Å². The fraction of sp³-hybridized carbons (Fsp3) is 0.250. The molecule has 2 atom stereocenters. The topological polar surface area (TPSA) is 134 Å². The van der Waals surface area contributed by atoms with Gasteiger partial charge in [-0.15, -0.1) is 0 Å². The number of nitrogens with zero attached hydrogens (tertiary/aromatic N) is 3. The number of carbonyl (C=O) groups excluding carboxylic acids is 1. The van der Waals surface area contributed by atoms with Crippen LogP contribution in [0.15, 0.2) is 72.8 Å². The molecule has 0 aliphatic rings. The lowest BCUT2D eigenvalue weighted by molar-refractivity contribution is 0.0940. The van der Waals surface area contributed by atoms with E-state index < -0.39 is 27.5 Å². The van der Waals surface area contributed by atoms with Gasteiger partial charge in [-0.25, -0.2) is 17.8 Å². The lowest BCUT2D eigenvalue weighted by Gasteiger charge is -2.21. The van der Waals surface area contributed by atoms with E-state index in [-0.39, 0.29) is 22.9 Å². The average molecular weight is 551 g/mol. The molecule has 11 heteroatoms. The highest BCUT2D eigenvalue weighted by molar-refractivity contribution is 7.92. The lowest BCUT2D eigenvalue weighted by Crippen LogP contribution is -2.36. The van der Waals surface area contributed by atoms with Gasteiger partial charge >= 0.3 is 0 Å². The molecule has 0 radical (unpaired) electrons. The van der Waals surface area contributed by atoms with Crippen molar-refractivity contribution >= 4 is 21.6 Å². The Labute approximate surface area is 227 Å². The molecule has 0 fully saturated rings. The third-order valence-corrected chi connectivity index (χ3v) is 7.66. The summed E-state index contributed by atoms with van der Waals surface area (Å²) < 4.78 is 39.0. The summed E-state index contributed by atoms with van der Waals surface area (Å²) in [4.78, 5) is 17.9. The van der Waals surface area contributed by atoms with E-state index in [1.54, 1.807) is 31.2 Å². The molecule has 1 aromatic heterocycles. The van der Waals surface area contributed by atoms with E-state index in [2.05, 4.69) is 20.5 Å². The van der Waals surface area contributed by atoms with Crippen molar-refractivity contribution in [2.75, 3.05) is 17.6 Å². The Bertz CT molecular complexity index is 1570. The van der Waals surface area contributed by atoms with Gasteiger partial charge in [0.25, 0.3) is 5.91 Å². The molecule has 1 unspecified atom stereocenters. The molecule has 1 heterocycles. The van der Waals surface area contributed by atoms with Crippen LogP contribution in [0.1, 0.15) is 47.2 Å². The molecule has 3 aromatic carbocycles. The molecule has 0 aliphatic heterocycles. The fourth-order valence-electron chi connectivity index (χ4n) is 4.11. The van der Waals surface area contributed by atoms with Crippen LogP contribution in [-0.4, -0.2) is 42.8 Å². The van der Waals surface area contributed by atoms with Crippen LogP contribution in [0.4, 0.5) is 10.1 Å². The number of nitrogens with one attached hydrogen (secondary N) is 2. The van der Waals surface area contributed by atoms with Crippen molar-refractivity contribution in [3.05, 3.63) is 101 Å². The van der Waals surface area contributed by atoms with Gasteiger partial charge in [0.15, 0.2) is 5.82 Å². The first-order valence-electron chi connectivity index (χ1n) is 12.2. The second-order valence-corrected chi connectivity index (χ2v) is 11.8. The first kappa shape index (κ1) is 27.9. The van der Waals surface area contributed by atoms with E-state index in [1.807, 2.05) is 37.3 Å². The molecular formula is C28H31FN6O3S. The molecule has 39 heavy (non-hydrogen) atoms. The van der Waals surface area contributed by atoms with Crippen LogP contribution in [0, 0.1) is 5.82 Å². The summed E-state index contributed by atoms with van der Waals surface area (Å²) in [5.41, 5.74) is 8.38. The number of carbonyl (C=O) groups is 1. The van der Waals surface area contributed by atoms with Gasteiger partial charge < -0.3 is 11.1 Å². The number of anilines is 1. The van der Waals surface area contributed by atoms with Crippen LogP contribution in [0.3, 0.4) is 0 Å². The quantitative estimate of drug-likeness (QED) is 0.289. The fourth-order valence-corrected chi connectivity index (χ4v) is 4.60. The van der Waals surface area contributed by atoms with E-state index in [0.717, 1.165) is 16.1 Å². The van der Waals surface area contributed by atoms with Crippen molar-refractivity contribution in [2.45, 2.75) is 31.8 Å². The SMILES string of the molecule is CC(NC(=O)c1cc(-c2n[nH]c([C@@](C)(N)Cc3ccccc3)n2)cc(N(C)S(C)(=O)=O)c1)c1ccc(F)cc1. The van der Waals surface area contributed by atoms with Gasteiger partial charge in [0, 0.05) is 18.2 Å². The average Bonchev–Trinajstić information content (AvgIpc) is 3.40. The number of hydrogen-bond donors (Lipinski definition) is 3. The normalized spacial score (nSPS) is 13.9. The minimum Gasteiger partial charge on any atom is -0.346 e. The van der Waals surface area contributed by atoms with E-state index in [9.17, 15) is 17.6 Å². The number of hydrogen-bond acceptors (Lipinski definition) is 6. The predicted octanol–water partition coefficient (Wildman–Crippen LogP) is 3.91. The number of sulfonamides is 1. The highest BCUT2D eigenvalue weighted by Gasteiger charge is 2.27. The second-order valence-electron chi connectivity index (χ2n) is 9.83. The predicted molar refractivity (Wildman–Crippen MR) is 149 cm³/mol. The van der Waals surface area contributed by atoms with Gasteiger partial charge in [-0.2, -0.15) is 5.10 Å². The van der Waals surface area contributed by atoms with Crippen molar-refractivity contribution < 1.29 is 17.6 Å². The van der Waals surface area contributed by atoms with Crippen LogP contribution in [0.5, 0.6) is 0 Å². The molecule has 4 aromatic rings. The van der Waals surface area contributed by atoms with Crippen molar-refractivity contribution in [1.29, 1.82) is 0 Å². The zero-order valence-electron chi connectivity index (χ0n) is 22.1. The van der Waals surface area contributed by atoms with Crippen LogP contribution < -0.4 is 15.4 Å². The first-order chi connectivity index (χ1) is 18.3. The van der Waals surface area contributed by atoms with Crippen LogP contribution >= 0.6 is 0 Å². The largest absolute Gasteiger partial charge is 0.346 e. The zero-order valence-corrected chi connectivity index (χ0v) is 23.0. The highest BCUT2D eigenvalue weighted by Crippen LogP contribution is 2.28. The maximum Gasteiger partial charge on any atom is 0.251 e. The summed E-state index contributed by atoms with van der Waals surface area (Å²) in [6.45, 7) is 3.61. The summed E-state index contributed by atoms with van der Waals surface area (Å²) in [7, 11) is -2.22. The summed E-state index contributed by atoms with van der Waals surface area (Å²) in [5.74, 6) is -0.111. The standard InChI is InChI=1S/C28H31FN6O3S/c1-18(20-10-12-23(29)13-11-20)31-26(36)22-14-21(15-24(16-22)35(3)39(4,37)38)25-32-27(34-33-25)28(2,30)17-19-8-6-5-7-9-19/h5-16,18H,17,30H2,1-4H3,(H,31,36)(H,32,33,34)/t18?,28-/m0/s1. The maximum atomic E-state index is 13.3. The second kappa shape index (κ2) is 11.0. The molecule has 0 aliphatic carbocycles. The molecular weight excluding hydrogens is 519 g/mol. The minimum absolute atomic E-state index is 0.207. The van der Waals surface area contributed by atoms with Crippen LogP contribution in [-0.2, 0) is 22.0 Å².